The van der Waals surface area contributed by atoms with Crippen molar-refractivity contribution in [1.29, 1.82) is 0 Å². The number of hydrogen-bond acceptors (Lipinski definition) is 3. The van der Waals surface area contributed by atoms with E-state index in [2.05, 4.69) is 26.2 Å². The van der Waals surface area contributed by atoms with E-state index in [4.69, 9.17) is 4.74 Å². The molecule has 1 aromatic carbocycles. The Hall–Kier alpha value is -1.46. The van der Waals surface area contributed by atoms with Crippen molar-refractivity contribution in [2.45, 2.75) is 6.54 Å². The van der Waals surface area contributed by atoms with Gasteiger partial charge in [0, 0.05) is 24.5 Å². The summed E-state index contributed by atoms with van der Waals surface area (Å²) in [5.74, 6) is 0.964. The molecular formula is C13H12BrFN2O. The van der Waals surface area contributed by atoms with Crippen LogP contribution < -0.4 is 10.1 Å². The van der Waals surface area contributed by atoms with Crippen LogP contribution in [0.3, 0.4) is 0 Å². The summed E-state index contributed by atoms with van der Waals surface area (Å²) in [4.78, 5) is 4.05. The normalized spacial score (nSPS) is 10.4. The van der Waals surface area contributed by atoms with Crippen molar-refractivity contribution in [1.82, 2.24) is 10.3 Å². The van der Waals surface area contributed by atoms with Crippen LogP contribution in [0.5, 0.6) is 11.5 Å². The van der Waals surface area contributed by atoms with E-state index < -0.39 is 0 Å². The van der Waals surface area contributed by atoms with Gasteiger partial charge in [0.1, 0.15) is 17.3 Å². The summed E-state index contributed by atoms with van der Waals surface area (Å²) < 4.78 is 19.3. The quantitative estimate of drug-likeness (QED) is 0.938. The number of benzene rings is 1. The molecule has 1 aromatic heterocycles. The standard InChI is InChI=1S/C13H12BrFN2O/c1-16-7-9-8-17-5-4-12(9)18-13-3-2-10(15)6-11(13)14/h2-6,8,16H,7H2,1H3. The minimum atomic E-state index is -0.306. The highest BCUT2D eigenvalue weighted by atomic mass is 79.9. The molecule has 18 heavy (non-hydrogen) atoms. The summed E-state index contributed by atoms with van der Waals surface area (Å²) in [6.07, 6.45) is 3.40. The van der Waals surface area contributed by atoms with Crippen LogP contribution in [0.4, 0.5) is 4.39 Å². The van der Waals surface area contributed by atoms with Crippen LogP contribution >= 0.6 is 15.9 Å². The van der Waals surface area contributed by atoms with E-state index in [0.717, 1.165) is 5.56 Å². The van der Waals surface area contributed by atoms with Crippen LogP contribution in [0.1, 0.15) is 5.56 Å². The minimum absolute atomic E-state index is 0.306. The number of nitrogens with zero attached hydrogens (tertiary/aromatic N) is 1. The molecule has 0 unspecified atom stereocenters. The number of aromatic nitrogens is 1. The Morgan fingerprint density at radius 2 is 2.17 bits per heavy atom. The summed E-state index contributed by atoms with van der Waals surface area (Å²) in [5, 5.41) is 3.04. The van der Waals surface area contributed by atoms with Gasteiger partial charge in [-0.15, -0.1) is 0 Å². The van der Waals surface area contributed by atoms with Gasteiger partial charge < -0.3 is 10.1 Å². The molecule has 2 rings (SSSR count). The third-order valence-corrected chi connectivity index (χ3v) is 2.96. The second kappa shape index (κ2) is 5.93. The molecule has 0 radical (unpaired) electrons. The Kier molecular flexibility index (Phi) is 4.28. The largest absolute Gasteiger partial charge is 0.456 e. The predicted octanol–water partition coefficient (Wildman–Crippen LogP) is 3.49. The van der Waals surface area contributed by atoms with Gasteiger partial charge in [0.25, 0.3) is 0 Å². The molecule has 0 saturated carbocycles. The molecule has 1 N–H and O–H groups in total. The monoisotopic (exact) mass is 310 g/mol. The SMILES string of the molecule is CNCc1cnccc1Oc1ccc(F)cc1Br. The lowest BCUT2D eigenvalue weighted by Crippen LogP contribution is -2.06. The maximum atomic E-state index is 13.0. The highest BCUT2D eigenvalue weighted by molar-refractivity contribution is 9.10. The van der Waals surface area contributed by atoms with Gasteiger partial charge in [-0.2, -0.15) is 0 Å². The van der Waals surface area contributed by atoms with Gasteiger partial charge in [0.2, 0.25) is 0 Å². The fraction of sp³-hybridized carbons (Fsp3) is 0.154. The zero-order valence-corrected chi connectivity index (χ0v) is 11.4. The lowest BCUT2D eigenvalue weighted by molar-refractivity contribution is 0.468. The Bertz CT molecular complexity index is 548. The van der Waals surface area contributed by atoms with Gasteiger partial charge in [-0.1, -0.05) is 0 Å². The Labute approximate surface area is 113 Å². The number of ether oxygens (including phenoxy) is 1. The highest BCUT2D eigenvalue weighted by Gasteiger charge is 2.07. The van der Waals surface area contributed by atoms with E-state index in [0.29, 0.717) is 22.5 Å². The molecule has 94 valence electrons. The van der Waals surface area contributed by atoms with E-state index in [1.807, 2.05) is 7.05 Å². The molecule has 0 fully saturated rings. The first-order chi connectivity index (χ1) is 8.70. The average Bonchev–Trinajstić information content (AvgIpc) is 2.35. The van der Waals surface area contributed by atoms with Gasteiger partial charge >= 0.3 is 0 Å². The van der Waals surface area contributed by atoms with E-state index in [9.17, 15) is 4.39 Å². The smallest absolute Gasteiger partial charge is 0.141 e. The third-order valence-electron chi connectivity index (χ3n) is 2.34. The van der Waals surface area contributed by atoms with Crippen molar-refractivity contribution in [3.63, 3.8) is 0 Å². The van der Waals surface area contributed by atoms with Crippen LogP contribution in [-0.2, 0) is 6.54 Å². The number of rotatable bonds is 4. The average molecular weight is 311 g/mol. The molecule has 0 spiro atoms. The lowest BCUT2D eigenvalue weighted by atomic mass is 10.2. The van der Waals surface area contributed by atoms with Crippen molar-refractivity contribution < 1.29 is 9.13 Å². The molecule has 2 aromatic rings. The van der Waals surface area contributed by atoms with Gasteiger partial charge in [-0.25, -0.2) is 4.39 Å². The van der Waals surface area contributed by atoms with Crippen LogP contribution in [0, 0.1) is 5.82 Å². The fourth-order valence-corrected chi connectivity index (χ4v) is 1.95. The van der Waals surface area contributed by atoms with Crippen molar-refractivity contribution in [3.8, 4) is 11.5 Å². The van der Waals surface area contributed by atoms with E-state index in [1.54, 1.807) is 24.5 Å². The fourth-order valence-electron chi connectivity index (χ4n) is 1.51. The molecule has 0 aliphatic carbocycles. The molecule has 1 heterocycles. The van der Waals surface area contributed by atoms with Gasteiger partial charge in [-0.05, 0) is 47.2 Å². The summed E-state index contributed by atoms with van der Waals surface area (Å²) >= 11 is 3.27. The van der Waals surface area contributed by atoms with Crippen LogP contribution in [0.15, 0.2) is 41.1 Å². The molecular weight excluding hydrogens is 299 g/mol. The molecule has 0 aliphatic rings. The lowest BCUT2D eigenvalue weighted by Gasteiger charge is -2.11. The third kappa shape index (κ3) is 3.05. The first-order valence-corrected chi connectivity index (χ1v) is 6.20. The Morgan fingerprint density at radius 1 is 1.33 bits per heavy atom. The molecule has 3 nitrogen and oxygen atoms in total. The number of hydrogen-bond donors (Lipinski definition) is 1. The maximum absolute atomic E-state index is 13.0. The summed E-state index contributed by atoms with van der Waals surface area (Å²) in [5.41, 5.74) is 0.941. The Morgan fingerprint density at radius 3 is 2.89 bits per heavy atom. The van der Waals surface area contributed by atoms with Crippen LogP contribution in [0.2, 0.25) is 0 Å². The minimum Gasteiger partial charge on any atom is -0.456 e. The summed E-state index contributed by atoms with van der Waals surface area (Å²) in [6.45, 7) is 0.655. The van der Waals surface area contributed by atoms with Crippen molar-refractivity contribution in [3.05, 3.63) is 52.5 Å². The molecule has 0 saturated heterocycles. The zero-order chi connectivity index (χ0) is 13.0. The molecule has 5 heteroatoms. The van der Waals surface area contributed by atoms with Crippen LogP contribution in [0.25, 0.3) is 0 Å². The van der Waals surface area contributed by atoms with E-state index in [1.165, 1.54) is 12.1 Å². The highest BCUT2D eigenvalue weighted by Crippen LogP contribution is 2.31. The zero-order valence-electron chi connectivity index (χ0n) is 9.78. The first kappa shape index (κ1) is 13.0. The van der Waals surface area contributed by atoms with Crippen molar-refractivity contribution in [2.24, 2.45) is 0 Å². The van der Waals surface area contributed by atoms with Crippen molar-refractivity contribution in [2.75, 3.05) is 7.05 Å². The number of nitrogens with one attached hydrogen (secondary N) is 1. The number of pyridine rings is 1. The molecule has 0 atom stereocenters. The summed E-state index contributed by atoms with van der Waals surface area (Å²) in [7, 11) is 1.85. The number of halogens is 2. The van der Waals surface area contributed by atoms with Gasteiger partial charge in [-0.3, -0.25) is 4.98 Å². The van der Waals surface area contributed by atoms with E-state index in [-0.39, 0.29) is 5.82 Å². The predicted molar refractivity (Wildman–Crippen MR) is 71.2 cm³/mol. The van der Waals surface area contributed by atoms with Crippen LogP contribution in [-0.4, -0.2) is 12.0 Å². The molecule has 0 amide bonds. The maximum Gasteiger partial charge on any atom is 0.141 e. The van der Waals surface area contributed by atoms with Gasteiger partial charge in [0.05, 0.1) is 4.47 Å². The second-order valence-corrected chi connectivity index (χ2v) is 4.54. The Balaban J connectivity index is 2.28. The molecule has 0 bridgehead atoms. The molecule has 0 aliphatic heterocycles. The van der Waals surface area contributed by atoms with Crippen molar-refractivity contribution >= 4 is 15.9 Å². The van der Waals surface area contributed by atoms with E-state index >= 15 is 0 Å². The summed E-state index contributed by atoms with van der Waals surface area (Å²) in [6, 6.07) is 6.10. The van der Waals surface area contributed by atoms with Gasteiger partial charge in [0.15, 0.2) is 0 Å². The second-order valence-electron chi connectivity index (χ2n) is 3.69. The topological polar surface area (TPSA) is 34.2 Å². The first-order valence-electron chi connectivity index (χ1n) is 5.41.